The molecule has 7 rings (SSSR count). The van der Waals surface area contributed by atoms with Gasteiger partial charge in [0.25, 0.3) is 15.4 Å². The number of para-hydroxylation sites is 1. The Morgan fingerprint density at radius 3 is 2.53 bits per heavy atom. The highest BCUT2D eigenvalue weighted by molar-refractivity contribution is 7.93. The Kier molecular flexibility index (Phi) is 8.35. The Morgan fingerprint density at radius 2 is 1.81 bits per heavy atom. The molecular formula is C34H33N7O4S2. The van der Waals surface area contributed by atoms with Gasteiger partial charge in [0.2, 0.25) is 15.4 Å². The van der Waals surface area contributed by atoms with Crippen LogP contribution in [0.3, 0.4) is 0 Å². The first-order valence-corrected chi connectivity index (χ1v) is 17.6. The molecule has 0 amide bonds. The number of sulfone groups is 1. The summed E-state index contributed by atoms with van der Waals surface area (Å²) in [5.41, 5.74) is 3.63. The van der Waals surface area contributed by atoms with Crippen LogP contribution in [0.15, 0.2) is 109 Å². The molecule has 13 heteroatoms. The fraction of sp³-hybridized carbons (Fsp3) is 0.235. The summed E-state index contributed by atoms with van der Waals surface area (Å²) in [5.74, 6) is 0.853. The summed E-state index contributed by atoms with van der Waals surface area (Å²) >= 11 is 0.999. The van der Waals surface area contributed by atoms with Gasteiger partial charge in [-0.05, 0) is 80.9 Å². The number of likely N-dealkylation sites (tertiary alicyclic amines) is 1. The molecule has 240 valence electrons. The van der Waals surface area contributed by atoms with Gasteiger partial charge in [0.05, 0.1) is 12.8 Å². The molecule has 0 unspecified atom stereocenters. The monoisotopic (exact) mass is 667 g/mol. The number of benzene rings is 2. The van der Waals surface area contributed by atoms with Crippen LogP contribution in [0.25, 0.3) is 11.0 Å². The zero-order valence-electron chi connectivity index (χ0n) is 25.9. The Balaban J connectivity index is 1.27. The van der Waals surface area contributed by atoms with Crippen molar-refractivity contribution in [3.8, 4) is 0 Å². The molecule has 47 heavy (non-hydrogen) atoms. The van der Waals surface area contributed by atoms with Gasteiger partial charge in [0, 0.05) is 47.1 Å². The van der Waals surface area contributed by atoms with Gasteiger partial charge in [-0.2, -0.15) is 4.98 Å². The van der Waals surface area contributed by atoms with E-state index in [1.807, 2.05) is 49.5 Å². The Morgan fingerprint density at radius 1 is 1.04 bits per heavy atom. The molecule has 2 aromatic carbocycles. The number of aromatic nitrogens is 4. The molecule has 0 saturated carbocycles. The van der Waals surface area contributed by atoms with E-state index < -0.39 is 9.84 Å². The van der Waals surface area contributed by atoms with Crippen LogP contribution >= 0.6 is 11.3 Å². The van der Waals surface area contributed by atoms with E-state index in [0.29, 0.717) is 34.2 Å². The van der Waals surface area contributed by atoms with Crippen molar-refractivity contribution in [2.45, 2.75) is 34.7 Å². The number of thiazole rings is 1. The average molecular weight is 668 g/mol. The summed E-state index contributed by atoms with van der Waals surface area (Å²) in [5, 5.41) is 5.22. The van der Waals surface area contributed by atoms with Crippen molar-refractivity contribution in [3.05, 3.63) is 112 Å². The van der Waals surface area contributed by atoms with Gasteiger partial charge in [0.15, 0.2) is 0 Å². The Bertz CT molecular complexity index is 2170. The van der Waals surface area contributed by atoms with E-state index in [2.05, 4.69) is 39.4 Å². The van der Waals surface area contributed by atoms with Gasteiger partial charge in [0.1, 0.15) is 11.3 Å². The molecule has 1 saturated heterocycles. The first kappa shape index (κ1) is 30.8. The van der Waals surface area contributed by atoms with E-state index in [4.69, 9.17) is 9.40 Å². The predicted octanol–water partition coefficient (Wildman–Crippen LogP) is 6.04. The second kappa shape index (κ2) is 12.7. The van der Waals surface area contributed by atoms with E-state index in [1.165, 1.54) is 22.6 Å². The molecule has 4 aromatic heterocycles. The van der Waals surface area contributed by atoms with Crippen molar-refractivity contribution in [1.29, 1.82) is 0 Å². The van der Waals surface area contributed by atoms with Crippen molar-refractivity contribution in [3.63, 3.8) is 0 Å². The van der Waals surface area contributed by atoms with Gasteiger partial charge in [-0.15, -0.1) is 11.3 Å². The van der Waals surface area contributed by atoms with Gasteiger partial charge in [-0.3, -0.25) is 9.36 Å². The topological polar surface area (TPSA) is 126 Å². The molecule has 0 radical (unpaired) electrons. The number of hydrogen-bond donors (Lipinski definition) is 1. The second-order valence-electron chi connectivity index (χ2n) is 11.6. The molecule has 0 atom stereocenters. The molecule has 11 nitrogen and oxygen atoms in total. The number of hydrogen-bond acceptors (Lipinski definition) is 11. The molecule has 6 aromatic rings. The molecule has 0 aliphatic carbocycles. The van der Waals surface area contributed by atoms with Crippen LogP contribution < -0.4 is 15.8 Å². The van der Waals surface area contributed by atoms with E-state index in [-0.39, 0.29) is 21.5 Å². The van der Waals surface area contributed by atoms with Gasteiger partial charge >= 0.3 is 0 Å². The standard InChI is InChI=1S/C34H33N7O4S2/c1-39-16-12-24(13-17-39)23-8-10-27(11-9-23)37-33-36-21-26-20-29(40(2)28-6-4-3-5-7-28)31(42)41(30(26)38-33)22-25-14-18-45-32(25)47(43,44)34-35-15-19-46-34/h3-11,14-15,18-21,24H,12-13,16-17,22H2,1-2H3,(H,36,37,38). The number of rotatable bonds is 9. The number of pyridine rings is 1. The number of fused-ring (bicyclic) bond motifs is 1. The van der Waals surface area contributed by atoms with Crippen molar-refractivity contribution in [1.82, 2.24) is 24.4 Å². The number of anilines is 4. The first-order chi connectivity index (χ1) is 22.8. The zero-order valence-corrected chi connectivity index (χ0v) is 27.5. The zero-order chi connectivity index (χ0) is 32.5. The SMILES string of the molecule is CN1CCC(c2ccc(Nc3ncc4cc(N(C)c5ccccc5)c(=O)n(Cc5ccoc5S(=O)(=O)c5nccs5)c4n3)cc2)CC1. The van der Waals surface area contributed by atoms with E-state index in [9.17, 15) is 13.2 Å². The van der Waals surface area contributed by atoms with Crippen LogP contribution in [0, 0.1) is 0 Å². The van der Waals surface area contributed by atoms with Crippen LogP contribution in [-0.4, -0.2) is 60.0 Å². The molecule has 1 N–H and O–H groups in total. The minimum Gasteiger partial charge on any atom is -0.452 e. The lowest BCUT2D eigenvalue weighted by Gasteiger charge is -2.29. The second-order valence-corrected chi connectivity index (χ2v) is 14.6. The van der Waals surface area contributed by atoms with Gasteiger partial charge < -0.3 is 19.5 Å². The van der Waals surface area contributed by atoms with Crippen molar-refractivity contribution in [2.75, 3.05) is 37.4 Å². The maximum Gasteiger partial charge on any atom is 0.276 e. The number of piperidine rings is 1. The summed E-state index contributed by atoms with van der Waals surface area (Å²) in [7, 11) is -0.0646. The molecular weight excluding hydrogens is 635 g/mol. The van der Waals surface area contributed by atoms with Crippen LogP contribution in [0.2, 0.25) is 0 Å². The lowest BCUT2D eigenvalue weighted by atomic mass is 9.89. The van der Waals surface area contributed by atoms with Crippen LogP contribution in [0.1, 0.15) is 29.9 Å². The maximum atomic E-state index is 14.2. The lowest BCUT2D eigenvalue weighted by molar-refractivity contribution is 0.255. The third-order valence-electron chi connectivity index (χ3n) is 8.59. The summed E-state index contributed by atoms with van der Waals surface area (Å²) in [6.45, 7) is 2.08. The van der Waals surface area contributed by atoms with Crippen LogP contribution in [0.4, 0.5) is 23.0 Å². The van der Waals surface area contributed by atoms with Crippen molar-refractivity contribution in [2.24, 2.45) is 0 Å². The van der Waals surface area contributed by atoms with Crippen molar-refractivity contribution >= 4 is 55.2 Å². The van der Waals surface area contributed by atoms with Crippen molar-refractivity contribution < 1.29 is 12.8 Å². The van der Waals surface area contributed by atoms with Gasteiger partial charge in [-0.25, -0.2) is 18.4 Å². The average Bonchev–Trinajstić information content (AvgIpc) is 3.81. The third-order valence-corrected chi connectivity index (χ3v) is 11.5. The molecule has 1 fully saturated rings. The van der Waals surface area contributed by atoms with E-state index >= 15 is 0 Å². The highest BCUT2D eigenvalue weighted by Crippen LogP contribution is 2.31. The number of furan rings is 1. The van der Waals surface area contributed by atoms with E-state index in [1.54, 1.807) is 28.6 Å². The highest BCUT2D eigenvalue weighted by Gasteiger charge is 2.28. The van der Waals surface area contributed by atoms with Crippen LogP contribution in [0.5, 0.6) is 0 Å². The summed E-state index contributed by atoms with van der Waals surface area (Å²) < 4.78 is 33.7. The Hall–Kier alpha value is -4.85. The number of nitrogens with zero attached hydrogens (tertiary/aromatic N) is 6. The van der Waals surface area contributed by atoms with Gasteiger partial charge in [-0.1, -0.05) is 30.3 Å². The summed E-state index contributed by atoms with van der Waals surface area (Å²) in [4.78, 5) is 31.7. The Labute approximate surface area is 276 Å². The molecule has 0 bridgehead atoms. The largest absolute Gasteiger partial charge is 0.452 e. The molecule has 1 aliphatic rings. The fourth-order valence-corrected chi connectivity index (χ4v) is 8.24. The minimum atomic E-state index is -4.03. The highest BCUT2D eigenvalue weighted by atomic mass is 32.2. The first-order valence-electron chi connectivity index (χ1n) is 15.2. The summed E-state index contributed by atoms with van der Waals surface area (Å²) in [6, 6.07) is 21.2. The molecule has 1 aliphatic heterocycles. The molecule has 5 heterocycles. The fourth-order valence-electron chi connectivity index (χ4n) is 5.96. The summed E-state index contributed by atoms with van der Waals surface area (Å²) in [6.07, 6.45) is 6.67. The smallest absolute Gasteiger partial charge is 0.276 e. The predicted molar refractivity (Wildman–Crippen MR) is 183 cm³/mol. The lowest BCUT2D eigenvalue weighted by Crippen LogP contribution is -2.29. The maximum absolute atomic E-state index is 14.2. The third kappa shape index (κ3) is 6.16. The van der Waals surface area contributed by atoms with Crippen LogP contribution in [-0.2, 0) is 16.4 Å². The normalized spacial score (nSPS) is 14.4. The van der Waals surface area contributed by atoms with E-state index in [0.717, 1.165) is 48.6 Å². The molecule has 0 spiro atoms. The number of nitrogens with one attached hydrogen (secondary N) is 1. The quantitative estimate of drug-likeness (QED) is 0.195. The minimum absolute atomic E-state index is 0.0841.